The zero-order valence-corrected chi connectivity index (χ0v) is 14.0. The van der Waals surface area contributed by atoms with Crippen LogP contribution in [0.1, 0.15) is 11.6 Å². The number of carbonyl (C=O) groups excluding carboxylic acids is 1. The molecule has 2 aromatic carbocycles. The highest BCUT2D eigenvalue weighted by Gasteiger charge is 2.49. The molecule has 3 unspecified atom stereocenters. The Morgan fingerprint density at radius 2 is 1.81 bits per heavy atom. The van der Waals surface area contributed by atoms with Crippen LogP contribution in [0.2, 0.25) is 0 Å². The number of nitrogens with one attached hydrogen (secondary N) is 1. The van der Waals surface area contributed by atoms with E-state index in [1.54, 1.807) is 36.4 Å². The van der Waals surface area contributed by atoms with Gasteiger partial charge in [-0.25, -0.2) is 19.9 Å². The molecule has 1 aliphatic rings. The molecule has 0 bridgehead atoms. The van der Waals surface area contributed by atoms with Gasteiger partial charge in [0.2, 0.25) is 0 Å². The van der Waals surface area contributed by atoms with Gasteiger partial charge in [-0.3, -0.25) is 9.59 Å². The van der Waals surface area contributed by atoms with Gasteiger partial charge in [-0.1, -0.05) is 24.3 Å². The van der Waals surface area contributed by atoms with Crippen molar-refractivity contribution in [3.8, 4) is 0 Å². The first kappa shape index (κ1) is 16.7. The maximum absolute atomic E-state index is 12.7. The molecule has 132 valence electrons. The second-order valence-corrected chi connectivity index (χ2v) is 6.34. The average Bonchev–Trinajstić information content (AvgIpc) is 2.66. The summed E-state index contributed by atoms with van der Waals surface area (Å²) in [6.07, 6.45) is 1.30. The predicted octanol–water partition coefficient (Wildman–Crippen LogP) is 0.627. The number of carbonyl (C=O) groups is 1. The van der Waals surface area contributed by atoms with Crippen LogP contribution in [-0.2, 0) is 4.79 Å². The zero-order valence-electron chi connectivity index (χ0n) is 13.2. The molecular weight excluding hydrogens is 360 g/mol. The van der Waals surface area contributed by atoms with Gasteiger partial charge in [0.05, 0.1) is 10.9 Å². The van der Waals surface area contributed by atoms with Crippen LogP contribution < -0.4 is 15.8 Å². The molecule has 0 saturated carbocycles. The quantitative estimate of drug-likeness (QED) is 0.399. The van der Waals surface area contributed by atoms with E-state index in [9.17, 15) is 14.8 Å². The van der Waals surface area contributed by atoms with E-state index in [-0.39, 0.29) is 11.2 Å². The van der Waals surface area contributed by atoms with E-state index in [0.717, 1.165) is 4.68 Å². The number of hydrogen-bond donors (Lipinski definition) is 2. The van der Waals surface area contributed by atoms with Gasteiger partial charge in [-0.2, -0.15) is 5.23 Å². The van der Waals surface area contributed by atoms with Crippen LogP contribution in [0.5, 0.6) is 0 Å². The number of amides is 1. The van der Waals surface area contributed by atoms with E-state index in [1.807, 2.05) is 0 Å². The minimum absolute atomic E-state index is 0.126. The number of rotatable bonds is 3. The first-order valence-corrected chi connectivity index (χ1v) is 8.20. The number of alkyl halides is 1. The number of hydrogen-bond acceptors (Lipinski definition) is 5. The van der Waals surface area contributed by atoms with E-state index in [1.165, 1.54) is 23.5 Å². The number of para-hydroxylation sites is 1. The van der Waals surface area contributed by atoms with Gasteiger partial charge < -0.3 is 5.21 Å². The third kappa shape index (κ3) is 2.47. The monoisotopic (exact) mass is 372 g/mol. The minimum atomic E-state index is -1.05. The fourth-order valence-electron chi connectivity index (χ4n) is 3.03. The van der Waals surface area contributed by atoms with Crippen LogP contribution in [0, 0.1) is 5.21 Å². The Hall–Kier alpha value is -2.78. The molecule has 8 nitrogen and oxygen atoms in total. The molecule has 2 heterocycles. The number of aromatic nitrogens is 2. The SMILES string of the molecule is O=C1C(Cl)C(c2ccc([NH+]([O-])O)cc2)N1n1cnc2ccccc2c1=O. The Kier molecular flexibility index (Phi) is 3.97. The smallest absolute Gasteiger partial charge is 0.280 e. The highest BCUT2D eigenvalue weighted by atomic mass is 35.5. The van der Waals surface area contributed by atoms with E-state index in [2.05, 4.69) is 4.98 Å². The highest BCUT2D eigenvalue weighted by molar-refractivity contribution is 6.36. The Balaban J connectivity index is 1.77. The largest absolute Gasteiger partial charge is 0.595 e. The van der Waals surface area contributed by atoms with Crippen LogP contribution in [0.4, 0.5) is 5.69 Å². The lowest BCUT2D eigenvalue weighted by Gasteiger charge is -2.44. The third-order valence-electron chi connectivity index (χ3n) is 4.38. The first-order valence-electron chi connectivity index (χ1n) is 7.76. The standard InChI is InChI=1S/C17H13ClN4O4/c18-14-15(10-5-7-11(8-6-10)22(25)26)21(17(14)24)20-9-19-13-4-2-1-3-12(13)16(20)23/h1-9,14-15,22,25H. The van der Waals surface area contributed by atoms with Crippen molar-refractivity contribution in [2.75, 3.05) is 5.01 Å². The molecule has 0 radical (unpaired) electrons. The summed E-state index contributed by atoms with van der Waals surface area (Å²) in [5.74, 6) is -0.418. The lowest BCUT2D eigenvalue weighted by Crippen LogP contribution is -2.99. The second kappa shape index (κ2) is 6.19. The van der Waals surface area contributed by atoms with Gasteiger partial charge in [0.15, 0.2) is 5.69 Å². The van der Waals surface area contributed by atoms with Crippen LogP contribution in [-0.4, -0.2) is 26.2 Å². The Bertz CT molecular complexity index is 1050. The minimum Gasteiger partial charge on any atom is -0.595 e. The molecule has 9 heteroatoms. The van der Waals surface area contributed by atoms with Gasteiger partial charge in [-0.15, -0.1) is 11.6 Å². The van der Waals surface area contributed by atoms with Crippen molar-refractivity contribution in [1.82, 2.24) is 9.66 Å². The molecule has 3 atom stereocenters. The lowest BCUT2D eigenvalue weighted by atomic mass is 9.95. The molecule has 2 N–H and O–H groups in total. The molecular formula is C17H13ClN4O4. The molecule has 1 aromatic heterocycles. The van der Waals surface area contributed by atoms with Crippen molar-refractivity contribution < 1.29 is 15.2 Å². The normalized spacial score (nSPS) is 20.9. The summed E-state index contributed by atoms with van der Waals surface area (Å²) >= 11 is 6.17. The number of β-lactam (4-membered cyclic amide) rings is 1. The molecule has 0 aliphatic carbocycles. The summed E-state index contributed by atoms with van der Waals surface area (Å²) in [7, 11) is 0. The second-order valence-electron chi connectivity index (χ2n) is 5.87. The van der Waals surface area contributed by atoms with Crippen molar-refractivity contribution in [2.24, 2.45) is 0 Å². The van der Waals surface area contributed by atoms with Crippen LogP contribution >= 0.6 is 11.6 Å². The third-order valence-corrected chi connectivity index (χ3v) is 4.81. The highest BCUT2D eigenvalue weighted by Crippen LogP contribution is 2.36. The van der Waals surface area contributed by atoms with E-state index >= 15 is 0 Å². The lowest BCUT2D eigenvalue weighted by molar-refractivity contribution is -0.991. The van der Waals surface area contributed by atoms with Crippen LogP contribution in [0.15, 0.2) is 59.7 Å². The number of fused-ring (bicyclic) bond motifs is 1. The molecule has 26 heavy (non-hydrogen) atoms. The summed E-state index contributed by atoms with van der Waals surface area (Å²) in [6, 6.07) is 12.3. The Morgan fingerprint density at radius 3 is 2.50 bits per heavy atom. The van der Waals surface area contributed by atoms with Gasteiger partial charge >= 0.3 is 0 Å². The van der Waals surface area contributed by atoms with Gasteiger partial charge in [0.1, 0.15) is 17.7 Å². The summed E-state index contributed by atoms with van der Waals surface area (Å²) in [6.45, 7) is 0. The van der Waals surface area contributed by atoms with Gasteiger partial charge in [-0.05, 0) is 17.7 Å². The van der Waals surface area contributed by atoms with E-state index in [4.69, 9.17) is 16.8 Å². The maximum atomic E-state index is 12.7. The molecule has 3 aromatic rings. The molecule has 1 amide bonds. The zero-order chi connectivity index (χ0) is 18.4. The van der Waals surface area contributed by atoms with Crippen molar-refractivity contribution in [3.63, 3.8) is 0 Å². The molecule has 1 aliphatic heterocycles. The summed E-state index contributed by atoms with van der Waals surface area (Å²) < 4.78 is 1.15. The topological polar surface area (TPSA) is 103 Å². The summed E-state index contributed by atoms with van der Waals surface area (Å²) in [5.41, 5.74) is 0.919. The number of nitrogens with zero attached hydrogens (tertiary/aromatic N) is 3. The Labute approximate surface area is 152 Å². The molecule has 0 spiro atoms. The van der Waals surface area contributed by atoms with Crippen LogP contribution in [0.25, 0.3) is 10.9 Å². The first-order chi connectivity index (χ1) is 12.5. The number of halogens is 1. The fourth-order valence-corrected chi connectivity index (χ4v) is 3.38. The predicted molar refractivity (Wildman–Crippen MR) is 93.8 cm³/mol. The van der Waals surface area contributed by atoms with Crippen molar-refractivity contribution in [1.29, 1.82) is 0 Å². The van der Waals surface area contributed by atoms with E-state index in [0.29, 0.717) is 16.5 Å². The van der Waals surface area contributed by atoms with Crippen LogP contribution in [0.3, 0.4) is 0 Å². The van der Waals surface area contributed by atoms with Crippen molar-refractivity contribution >= 4 is 34.1 Å². The van der Waals surface area contributed by atoms with E-state index < -0.39 is 22.6 Å². The average molecular weight is 373 g/mol. The van der Waals surface area contributed by atoms with Crippen molar-refractivity contribution in [2.45, 2.75) is 11.4 Å². The molecule has 1 saturated heterocycles. The summed E-state index contributed by atoms with van der Waals surface area (Å²) in [5, 5.41) is 19.7. The molecule has 1 fully saturated rings. The Morgan fingerprint density at radius 1 is 1.12 bits per heavy atom. The van der Waals surface area contributed by atoms with Gasteiger partial charge in [0, 0.05) is 12.1 Å². The maximum Gasteiger partial charge on any atom is 0.280 e. The van der Waals surface area contributed by atoms with Gasteiger partial charge in [0.25, 0.3) is 11.5 Å². The number of benzene rings is 2. The number of quaternary nitrogens is 1. The summed E-state index contributed by atoms with van der Waals surface area (Å²) in [4.78, 5) is 29.3. The molecule has 4 rings (SSSR count). The van der Waals surface area contributed by atoms with Crippen molar-refractivity contribution in [3.05, 3.63) is 76.0 Å². The fraction of sp³-hybridized carbons (Fsp3) is 0.118.